The van der Waals surface area contributed by atoms with Gasteiger partial charge in [0, 0.05) is 12.1 Å². The summed E-state index contributed by atoms with van der Waals surface area (Å²) < 4.78 is 0. The molecule has 2 fully saturated rings. The van der Waals surface area contributed by atoms with Gasteiger partial charge in [0.05, 0.1) is 11.6 Å². The zero-order chi connectivity index (χ0) is 16.5. The summed E-state index contributed by atoms with van der Waals surface area (Å²) in [5.41, 5.74) is 4.60. The third-order valence-electron chi connectivity index (χ3n) is 5.92. The Hall–Kier alpha value is -2.11. The van der Waals surface area contributed by atoms with Crippen LogP contribution in [-0.2, 0) is 0 Å². The highest BCUT2D eigenvalue weighted by Gasteiger charge is 2.37. The van der Waals surface area contributed by atoms with Crippen molar-refractivity contribution in [2.75, 3.05) is 6.54 Å². The molecule has 2 nitrogen and oxygen atoms in total. The molecule has 2 aromatic carbocycles. The Morgan fingerprint density at radius 3 is 2.12 bits per heavy atom. The van der Waals surface area contributed by atoms with Crippen LogP contribution in [0.1, 0.15) is 49.7 Å². The van der Waals surface area contributed by atoms with Crippen molar-refractivity contribution in [3.63, 3.8) is 0 Å². The van der Waals surface area contributed by atoms with Crippen LogP contribution in [0.3, 0.4) is 0 Å². The van der Waals surface area contributed by atoms with Crippen LogP contribution in [-0.4, -0.2) is 23.5 Å². The lowest BCUT2D eigenvalue weighted by molar-refractivity contribution is 0.103. The Morgan fingerprint density at radius 1 is 0.958 bits per heavy atom. The Kier molecular flexibility index (Phi) is 4.12. The summed E-state index contributed by atoms with van der Waals surface area (Å²) in [7, 11) is 0. The van der Waals surface area contributed by atoms with E-state index in [0.29, 0.717) is 5.56 Å². The Labute approximate surface area is 144 Å². The van der Waals surface area contributed by atoms with E-state index in [9.17, 15) is 0 Å². The number of benzene rings is 2. The van der Waals surface area contributed by atoms with E-state index in [-0.39, 0.29) is 0 Å². The number of hydrogen-bond donors (Lipinski definition) is 0. The lowest BCUT2D eigenvalue weighted by Crippen LogP contribution is -2.45. The predicted molar refractivity (Wildman–Crippen MR) is 97.8 cm³/mol. The van der Waals surface area contributed by atoms with E-state index in [0.717, 1.165) is 18.0 Å². The highest BCUT2D eigenvalue weighted by molar-refractivity contribution is 5.64. The summed E-state index contributed by atoms with van der Waals surface area (Å²) in [5, 5.41) is 8.89. The van der Waals surface area contributed by atoms with Crippen LogP contribution < -0.4 is 0 Å². The molecular formula is C22H24N2. The minimum Gasteiger partial charge on any atom is -0.298 e. The standard InChI is InChI=1S/C22H24N2/c1-16-3-2-12-24(16)22-13-21(14-22)20-10-8-19(9-11-20)18-6-4-17(15-23)5-7-18/h4-11,16,21-22H,2-3,12-14H2,1H3/t16-,21?,22?/m0/s1. The van der Waals surface area contributed by atoms with E-state index in [1.807, 2.05) is 24.3 Å². The fourth-order valence-electron chi connectivity index (χ4n) is 4.31. The fourth-order valence-corrected chi connectivity index (χ4v) is 4.31. The highest BCUT2D eigenvalue weighted by atomic mass is 15.2. The molecule has 0 bridgehead atoms. The summed E-state index contributed by atoms with van der Waals surface area (Å²) in [6.45, 7) is 3.68. The van der Waals surface area contributed by atoms with Crippen LogP contribution in [0.15, 0.2) is 48.5 Å². The van der Waals surface area contributed by atoms with Crippen LogP contribution in [0.4, 0.5) is 0 Å². The van der Waals surface area contributed by atoms with Crippen LogP contribution >= 0.6 is 0 Å². The quantitative estimate of drug-likeness (QED) is 0.800. The first-order chi connectivity index (χ1) is 11.7. The maximum Gasteiger partial charge on any atom is 0.0991 e. The van der Waals surface area contributed by atoms with E-state index in [4.69, 9.17) is 5.26 Å². The van der Waals surface area contributed by atoms with Gasteiger partial charge in [0.15, 0.2) is 0 Å². The minimum atomic E-state index is 0.715. The normalized spacial score (nSPS) is 26.8. The molecule has 1 aliphatic heterocycles. The molecular weight excluding hydrogens is 292 g/mol. The van der Waals surface area contributed by atoms with Crippen molar-refractivity contribution in [3.05, 3.63) is 59.7 Å². The summed E-state index contributed by atoms with van der Waals surface area (Å²) in [6, 6.07) is 20.6. The van der Waals surface area contributed by atoms with Gasteiger partial charge in [-0.25, -0.2) is 0 Å². The zero-order valence-electron chi connectivity index (χ0n) is 14.3. The Morgan fingerprint density at radius 2 is 1.58 bits per heavy atom. The van der Waals surface area contributed by atoms with E-state index in [1.165, 1.54) is 48.9 Å². The van der Waals surface area contributed by atoms with Crippen molar-refractivity contribution in [1.29, 1.82) is 5.26 Å². The maximum atomic E-state index is 8.89. The minimum absolute atomic E-state index is 0.715. The summed E-state index contributed by atoms with van der Waals surface area (Å²) >= 11 is 0. The molecule has 2 aromatic rings. The van der Waals surface area contributed by atoms with Crippen LogP contribution in [0.2, 0.25) is 0 Å². The zero-order valence-corrected chi connectivity index (χ0v) is 14.3. The van der Waals surface area contributed by atoms with Gasteiger partial charge in [-0.15, -0.1) is 0 Å². The van der Waals surface area contributed by atoms with E-state index in [1.54, 1.807) is 0 Å². The summed E-state index contributed by atoms with van der Waals surface area (Å²) in [4.78, 5) is 2.72. The molecule has 1 heterocycles. The van der Waals surface area contributed by atoms with E-state index in [2.05, 4.69) is 42.2 Å². The molecule has 4 rings (SSSR count). The van der Waals surface area contributed by atoms with Crippen LogP contribution in [0.5, 0.6) is 0 Å². The van der Waals surface area contributed by atoms with Crippen molar-refractivity contribution in [2.45, 2.75) is 50.6 Å². The highest BCUT2D eigenvalue weighted by Crippen LogP contribution is 2.42. The van der Waals surface area contributed by atoms with Crippen molar-refractivity contribution in [2.24, 2.45) is 0 Å². The third kappa shape index (κ3) is 2.85. The molecule has 1 saturated heterocycles. The molecule has 1 aliphatic carbocycles. The van der Waals surface area contributed by atoms with Gasteiger partial charge in [-0.3, -0.25) is 4.90 Å². The van der Waals surface area contributed by atoms with Gasteiger partial charge in [0.1, 0.15) is 0 Å². The van der Waals surface area contributed by atoms with Gasteiger partial charge >= 0.3 is 0 Å². The summed E-state index contributed by atoms with van der Waals surface area (Å²) in [6.07, 6.45) is 5.39. The largest absolute Gasteiger partial charge is 0.298 e. The Bertz CT molecular complexity index is 733. The summed E-state index contributed by atoms with van der Waals surface area (Å²) in [5.74, 6) is 0.734. The lowest BCUT2D eigenvalue weighted by atomic mass is 9.74. The number of hydrogen-bond acceptors (Lipinski definition) is 2. The second kappa shape index (κ2) is 6.42. The molecule has 1 saturated carbocycles. The third-order valence-corrected chi connectivity index (χ3v) is 5.92. The Balaban J connectivity index is 1.40. The molecule has 2 aliphatic rings. The SMILES string of the molecule is C[C@H]1CCCN1C1CC(c2ccc(-c3ccc(C#N)cc3)cc2)C1. The van der Waals surface area contributed by atoms with Crippen LogP contribution in [0.25, 0.3) is 11.1 Å². The number of nitrogens with zero attached hydrogens (tertiary/aromatic N) is 2. The fraction of sp³-hybridized carbons (Fsp3) is 0.409. The molecule has 0 radical (unpaired) electrons. The molecule has 2 heteroatoms. The molecule has 1 atom stereocenters. The van der Waals surface area contributed by atoms with Crippen molar-refractivity contribution in [1.82, 2.24) is 4.90 Å². The number of likely N-dealkylation sites (tertiary alicyclic amines) is 1. The van der Waals surface area contributed by atoms with Gasteiger partial charge in [-0.1, -0.05) is 36.4 Å². The first-order valence-electron chi connectivity index (χ1n) is 9.11. The molecule has 122 valence electrons. The molecule has 0 unspecified atom stereocenters. The van der Waals surface area contributed by atoms with Crippen molar-refractivity contribution >= 4 is 0 Å². The number of nitriles is 1. The first kappa shape index (κ1) is 15.4. The van der Waals surface area contributed by atoms with Gasteiger partial charge in [-0.2, -0.15) is 5.26 Å². The predicted octanol–water partition coefficient (Wildman–Crippen LogP) is 4.96. The monoisotopic (exact) mass is 316 g/mol. The molecule has 0 spiro atoms. The molecule has 0 N–H and O–H groups in total. The maximum absolute atomic E-state index is 8.89. The van der Waals surface area contributed by atoms with Crippen molar-refractivity contribution < 1.29 is 0 Å². The molecule has 24 heavy (non-hydrogen) atoms. The smallest absolute Gasteiger partial charge is 0.0991 e. The molecule has 0 aromatic heterocycles. The number of rotatable bonds is 3. The van der Waals surface area contributed by atoms with Gasteiger partial charge in [0.2, 0.25) is 0 Å². The van der Waals surface area contributed by atoms with Gasteiger partial charge in [-0.05, 0) is 73.9 Å². The van der Waals surface area contributed by atoms with E-state index < -0.39 is 0 Å². The van der Waals surface area contributed by atoms with Gasteiger partial charge in [0.25, 0.3) is 0 Å². The van der Waals surface area contributed by atoms with E-state index >= 15 is 0 Å². The second-order valence-corrected chi connectivity index (χ2v) is 7.36. The van der Waals surface area contributed by atoms with Gasteiger partial charge < -0.3 is 0 Å². The second-order valence-electron chi connectivity index (χ2n) is 7.36. The first-order valence-corrected chi connectivity index (χ1v) is 9.11. The lowest BCUT2D eigenvalue weighted by Gasteiger charge is -2.43. The van der Waals surface area contributed by atoms with Crippen molar-refractivity contribution in [3.8, 4) is 17.2 Å². The average molecular weight is 316 g/mol. The molecule has 0 amide bonds. The van der Waals surface area contributed by atoms with Crippen LogP contribution in [0, 0.1) is 11.3 Å². The average Bonchev–Trinajstić information content (AvgIpc) is 3.00. The topological polar surface area (TPSA) is 27.0 Å².